The molecule has 1 saturated carbocycles. The lowest BCUT2D eigenvalue weighted by Gasteiger charge is -2.48. The maximum absolute atomic E-state index is 9.90. The fourth-order valence-corrected chi connectivity index (χ4v) is 2.81. The molecule has 0 aromatic rings. The Bertz CT molecular complexity index is 262. The second-order valence-electron chi connectivity index (χ2n) is 5.77. The number of ether oxygens (including phenoxy) is 2. The standard InChI is InChI=1S/C13H22O3/c1-4-10-5-11(14)7-13(6-10)8-15-12(2,3)16-9-13/h4,10-11,14H,1,5-9H2,2-3H3/t10-,11-/m1/s1. The van der Waals surface area contributed by atoms with E-state index in [4.69, 9.17) is 9.47 Å². The number of hydrogen-bond donors (Lipinski definition) is 1. The van der Waals surface area contributed by atoms with Gasteiger partial charge in [0.15, 0.2) is 5.79 Å². The summed E-state index contributed by atoms with van der Waals surface area (Å²) in [5.74, 6) is -0.0886. The third kappa shape index (κ3) is 2.47. The van der Waals surface area contributed by atoms with E-state index in [0.717, 1.165) is 19.3 Å². The maximum Gasteiger partial charge on any atom is 0.162 e. The van der Waals surface area contributed by atoms with Gasteiger partial charge in [0.1, 0.15) is 0 Å². The molecule has 1 aliphatic carbocycles. The van der Waals surface area contributed by atoms with Gasteiger partial charge >= 0.3 is 0 Å². The SMILES string of the molecule is C=C[C@@H]1C[C@@H](O)CC2(COC(C)(C)OC2)C1. The molecule has 1 N–H and O–H groups in total. The molecule has 92 valence electrons. The van der Waals surface area contributed by atoms with Crippen molar-refractivity contribution in [1.82, 2.24) is 0 Å². The number of allylic oxidation sites excluding steroid dienone is 1. The van der Waals surface area contributed by atoms with Crippen LogP contribution < -0.4 is 0 Å². The van der Waals surface area contributed by atoms with Gasteiger partial charge in [-0.2, -0.15) is 0 Å². The minimum Gasteiger partial charge on any atom is -0.393 e. The van der Waals surface area contributed by atoms with Gasteiger partial charge in [-0.05, 0) is 39.0 Å². The smallest absolute Gasteiger partial charge is 0.162 e. The molecule has 2 atom stereocenters. The molecule has 3 heteroatoms. The summed E-state index contributed by atoms with van der Waals surface area (Å²) in [6, 6.07) is 0. The molecular weight excluding hydrogens is 204 g/mol. The number of aliphatic hydroxyl groups excluding tert-OH is 1. The van der Waals surface area contributed by atoms with Crippen LogP contribution in [0.5, 0.6) is 0 Å². The Morgan fingerprint density at radius 2 is 1.88 bits per heavy atom. The van der Waals surface area contributed by atoms with Gasteiger partial charge in [-0.3, -0.25) is 0 Å². The van der Waals surface area contributed by atoms with Crippen LogP contribution in [0.25, 0.3) is 0 Å². The van der Waals surface area contributed by atoms with Crippen molar-refractivity contribution in [2.45, 2.75) is 45.0 Å². The van der Waals surface area contributed by atoms with Gasteiger partial charge in [-0.1, -0.05) is 6.08 Å². The molecule has 0 amide bonds. The van der Waals surface area contributed by atoms with Crippen molar-refractivity contribution in [3.63, 3.8) is 0 Å². The van der Waals surface area contributed by atoms with Crippen molar-refractivity contribution in [3.8, 4) is 0 Å². The Kier molecular flexibility index (Phi) is 3.12. The van der Waals surface area contributed by atoms with Crippen LogP contribution in [0.3, 0.4) is 0 Å². The molecule has 1 heterocycles. The first-order chi connectivity index (χ1) is 7.45. The monoisotopic (exact) mass is 226 g/mol. The van der Waals surface area contributed by atoms with Crippen LogP contribution >= 0.6 is 0 Å². The fraction of sp³-hybridized carbons (Fsp3) is 0.846. The summed E-state index contributed by atoms with van der Waals surface area (Å²) in [4.78, 5) is 0. The number of aliphatic hydroxyl groups is 1. The molecule has 16 heavy (non-hydrogen) atoms. The van der Waals surface area contributed by atoms with Crippen LogP contribution in [-0.4, -0.2) is 30.2 Å². The summed E-state index contributed by atoms with van der Waals surface area (Å²) in [5.41, 5.74) is -0.00789. The fourth-order valence-electron chi connectivity index (χ4n) is 2.81. The zero-order valence-corrected chi connectivity index (χ0v) is 10.2. The summed E-state index contributed by atoms with van der Waals surface area (Å²) >= 11 is 0. The van der Waals surface area contributed by atoms with Crippen LogP contribution in [0, 0.1) is 11.3 Å². The highest BCUT2D eigenvalue weighted by Gasteiger charge is 2.45. The summed E-state index contributed by atoms with van der Waals surface area (Å²) in [6.07, 6.45) is 4.33. The Morgan fingerprint density at radius 3 is 2.44 bits per heavy atom. The third-order valence-electron chi connectivity index (χ3n) is 3.72. The molecule has 2 aliphatic rings. The minimum absolute atomic E-state index is 0.00789. The first-order valence-corrected chi connectivity index (χ1v) is 6.03. The summed E-state index contributed by atoms with van der Waals surface area (Å²) in [7, 11) is 0. The molecule has 2 fully saturated rings. The van der Waals surface area contributed by atoms with E-state index < -0.39 is 5.79 Å². The lowest BCUT2D eigenvalue weighted by atomic mass is 9.69. The molecule has 3 nitrogen and oxygen atoms in total. The van der Waals surface area contributed by atoms with Gasteiger partial charge in [0.2, 0.25) is 0 Å². The van der Waals surface area contributed by atoms with Crippen molar-refractivity contribution in [2.75, 3.05) is 13.2 Å². The molecule has 1 saturated heterocycles. The van der Waals surface area contributed by atoms with E-state index in [1.807, 2.05) is 19.9 Å². The lowest BCUT2D eigenvalue weighted by molar-refractivity contribution is -0.294. The maximum atomic E-state index is 9.90. The Hall–Kier alpha value is -0.380. The van der Waals surface area contributed by atoms with E-state index in [2.05, 4.69) is 6.58 Å². The largest absolute Gasteiger partial charge is 0.393 e. The van der Waals surface area contributed by atoms with E-state index in [1.54, 1.807) is 0 Å². The van der Waals surface area contributed by atoms with E-state index >= 15 is 0 Å². The number of hydrogen-bond acceptors (Lipinski definition) is 3. The van der Waals surface area contributed by atoms with Crippen LogP contribution in [0.2, 0.25) is 0 Å². The average Bonchev–Trinajstić information content (AvgIpc) is 2.22. The zero-order valence-electron chi connectivity index (χ0n) is 10.2. The van der Waals surface area contributed by atoms with Gasteiger partial charge in [-0.25, -0.2) is 0 Å². The minimum atomic E-state index is -0.475. The van der Waals surface area contributed by atoms with Gasteiger partial charge in [-0.15, -0.1) is 6.58 Å². The molecule has 1 aliphatic heterocycles. The highest BCUT2D eigenvalue weighted by Crippen LogP contribution is 2.44. The lowest BCUT2D eigenvalue weighted by Crippen LogP contribution is -2.50. The van der Waals surface area contributed by atoms with E-state index in [0.29, 0.717) is 19.1 Å². The molecule has 0 aromatic heterocycles. The topological polar surface area (TPSA) is 38.7 Å². The third-order valence-corrected chi connectivity index (χ3v) is 3.72. The molecule has 1 spiro atoms. The Labute approximate surface area is 97.4 Å². The molecular formula is C13H22O3. The first-order valence-electron chi connectivity index (χ1n) is 6.03. The second kappa shape index (κ2) is 4.13. The van der Waals surface area contributed by atoms with Crippen LogP contribution in [0.15, 0.2) is 12.7 Å². The van der Waals surface area contributed by atoms with Crippen molar-refractivity contribution in [2.24, 2.45) is 11.3 Å². The zero-order chi connectivity index (χ0) is 11.8. The van der Waals surface area contributed by atoms with Crippen LogP contribution in [0.4, 0.5) is 0 Å². The van der Waals surface area contributed by atoms with E-state index in [-0.39, 0.29) is 11.5 Å². The predicted octanol–water partition coefficient (Wildman–Crippen LogP) is 2.10. The van der Waals surface area contributed by atoms with Crippen molar-refractivity contribution in [1.29, 1.82) is 0 Å². The van der Waals surface area contributed by atoms with E-state index in [1.165, 1.54) is 0 Å². The summed E-state index contributed by atoms with van der Waals surface area (Å²) in [6.45, 7) is 9.07. The Morgan fingerprint density at radius 1 is 1.25 bits per heavy atom. The molecule has 0 aromatic carbocycles. The number of rotatable bonds is 1. The van der Waals surface area contributed by atoms with Gasteiger partial charge < -0.3 is 14.6 Å². The van der Waals surface area contributed by atoms with Gasteiger partial charge in [0.25, 0.3) is 0 Å². The van der Waals surface area contributed by atoms with Crippen molar-refractivity contribution >= 4 is 0 Å². The van der Waals surface area contributed by atoms with Gasteiger partial charge in [0, 0.05) is 5.41 Å². The highest BCUT2D eigenvalue weighted by molar-refractivity contribution is 4.97. The quantitative estimate of drug-likeness (QED) is 0.696. The molecule has 0 bridgehead atoms. The van der Waals surface area contributed by atoms with Crippen molar-refractivity contribution < 1.29 is 14.6 Å². The highest BCUT2D eigenvalue weighted by atomic mass is 16.7. The second-order valence-corrected chi connectivity index (χ2v) is 5.77. The Balaban J connectivity index is 2.05. The normalized spacial score (nSPS) is 37.2. The molecule has 0 unspecified atom stereocenters. The predicted molar refractivity (Wildman–Crippen MR) is 62.0 cm³/mol. The van der Waals surface area contributed by atoms with Crippen molar-refractivity contribution in [3.05, 3.63) is 12.7 Å². The van der Waals surface area contributed by atoms with Gasteiger partial charge in [0.05, 0.1) is 19.3 Å². The van der Waals surface area contributed by atoms with Crippen LogP contribution in [0.1, 0.15) is 33.1 Å². The first kappa shape index (κ1) is 12.1. The summed E-state index contributed by atoms with van der Waals surface area (Å²) in [5, 5.41) is 9.90. The molecule has 0 radical (unpaired) electrons. The molecule has 2 rings (SSSR count). The average molecular weight is 226 g/mol. The summed E-state index contributed by atoms with van der Waals surface area (Å²) < 4.78 is 11.5. The van der Waals surface area contributed by atoms with Crippen LogP contribution in [-0.2, 0) is 9.47 Å². The van der Waals surface area contributed by atoms with E-state index in [9.17, 15) is 5.11 Å².